The van der Waals surface area contributed by atoms with Crippen LogP contribution < -0.4 is 25.6 Å². The van der Waals surface area contributed by atoms with Crippen molar-refractivity contribution in [3.8, 4) is 16.9 Å². The second-order valence-corrected chi connectivity index (χ2v) is 12.5. The van der Waals surface area contributed by atoms with Gasteiger partial charge in [-0.25, -0.2) is 24.0 Å². The van der Waals surface area contributed by atoms with Gasteiger partial charge in [-0.05, 0) is 33.6 Å². The lowest BCUT2D eigenvalue weighted by atomic mass is 9.92. The number of carbonyl (C=O) groups excluding carboxylic acids is 3. The van der Waals surface area contributed by atoms with Gasteiger partial charge in [0.1, 0.15) is 18.2 Å². The lowest BCUT2D eigenvalue weighted by Crippen LogP contribution is -2.34. The number of imidazole rings is 1. The topological polar surface area (TPSA) is 207 Å². The van der Waals surface area contributed by atoms with Crippen LogP contribution >= 0.6 is 0 Å². The Morgan fingerprint density at radius 1 is 1.06 bits per heavy atom. The molecule has 1 aliphatic heterocycles. The Morgan fingerprint density at radius 2 is 1.83 bits per heavy atom. The molecule has 0 bridgehead atoms. The summed E-state index contributed by atoms with van der Waals surface area (Å²) in [6.45, 7) is 5.14. The number of anilines is 1. The summed E-state index contributed by atoms with van der Waals surface area (Å²) in [6, 6.07) is 6.22. The van der Waals surface area contributed by atoms with Crippen LogP contribution in [0.2, 0.25) is 0 Å². The summed E-state index contributed by atoms with van der Waals surface area (Å²) in [7, 11) is 1.26. The first-order valence-electron chi connectivity index (χ1n) is 14.5. The predicted octanol–water partition coefficient (Wildman–Crippen LogP) is 2.50. The van der Waals surface area contributed by atoms with E-state index in [0.717, 1.165) is 0 Å². The van der Waals surface area contributed by atoms with Crippen LogP contribution in [0.3, 0.4) is 0 Å². The van der Waals surface area contributed by atoms with Crippen molar-refractivity contribution in [3.63, 3.8) is 0 Å². The van der Waals surface area contributed by atoms with Gasteiger partial charge >= 0.3 is 6.09 Å². The molecule has 3 unspecified atom stereocenters. The van der Waals surface area contributed by atoms with Gasteiger partial charge in [0.2, 0.25) is 11.3 Å². The number of methoxy groups -OCH3 is 1. The number of aromatic nitrogens is 4. The van der Waals surface area contributed by atoms with E-state index in [4.69, 9.17) is 18.4 Å². The maximum atomic E-state index is 12.9. The highest BCUT2D eigenvalue weighted by molar-refractivity contribution is 7.78. The Morgan fingerprint density at radius 3 is 2.57 bits per heavy atom. The largest absolute Gasteiger partial charge is 0.492 e. The zero-order valence-electron chi connectivity index (χ0n) is 25.9. The fourth-order valence-corrected chi connectivity index (χ4v) is 5.62. The molecule has 0 radical (unpaired) electrons. The summed E-state index contributed by atoms with van der Waals surface area (Å²) in [5, 5.41) is 2.58. The number of nitrogens with one attached hydrogen (secondary N) is 2. The van der Waals surface area contributed by atoms with E-state index in [9.17, 15) is 28.2 Å². The molecule has 2 amide bonds. The Balaban J connectivity index is 1.10. The lowest BCUT2D eigenvalue weighted by molar-refractivity contribution is -0.119. The Kier molecular flexibility index (Phi) is 9.88. The number of hydrogen-bond acceptors (Lipinski definition) is 13. The molecule has 248 valence electrons. The van der Waals surface area contributed by atoms with E-state index in [1.807, 2.05) is 0 Å². The van der Waals surface area contributed by atoms with Gasteiger partial charge in [-0.2, -0.15) is 0 Å². The fourth-order valence-electron chi connectivity index (χ4n) is 5.00. The summed E-state index contributed by atoms with van der Waals surface area (Å²) in [5.41, 5.74) is -1.02. The Labute approximate surface area is 270 Å². The summed E-state index contributed by atoms with van der Waals surface area (Å²) < 4.78 is 37.9. The molecular weight excluding hydrogens is 636 g/mol. The first-order valence-corrected chi connectivity index (χ1v) is 15.6. The number of benzene rings is 1. The highest BCUT2D eigenvalue weighted by Crippen LogP contribution is 2.32. The van der Waals surface area contributed by atoms with Gasteiger partial charge in [-0.1, -0.05) is 24.3 Å². The van der Waals surface area contributed by atoms with Crippen molar-refractivity contribution in [1.82, 2.24) is 24.2 Å². The highest BCUT2D eigenvalue weighted by Gasteiger charge is 2.30. The van der Waals surface area contributed by atoms with Crippen LogP contribution in [0.15, 0.2) is 46.5 Å². The Hall–Kier alpha value is -4.87. The molecular formula is C30H32N6O10S. The van der Waals surface area contributed by atoms with E-state index in [1.54, 1.807) is 37.5 Å². The minimum Gasteiger partial charge on any atom is -0.492 e. The van der Waals surface area contributed by atoms with Crippen molar-refractivity contribution in [2.75, 3.05) is 19.0 Å². The molecule has 47 heavy (non-hydrogen) atoms. The minimum atomic E-state index is -2.20. The summed E-state index contributed by atoms with van der Waals surface area (Å²) >= 11 is -2.20. The number of amides is 2. The first-order chi connectivity index (χ1) is 22.4. The molecule has 0 spiro atoms. The molecule has 3 heterocycles. The first kappa shape index (κ1) is 33.5. The molecule has 0 aliphatic carbocycles. The number of hydrogen-bond donors (Lipinski definition) is 2. The van der Waals surface area contributed by atoms with Crippen LogP contribution in [0.5, 0.6) is 5.75 Å². The molecule has 4 aromatic rings. The number of Topliss-reactive ketones (excluding diaryl/α,β-unsaturated/α-hetero) is 1. The van der Waals surface area contributed by atoms with Crippen LogP contribution in [0, 0.1) is 0 Å². The minimum absolute atomic E-state index is 0.0197. The van der Waals surface area contributed by atoms with Crippen LogP contribution in [0.1, 0.15) is 63.0 Å². The molecule has 1 aliphatic rings. The fraction of sp³-hybridized carbons (Fsp3) is 0.400. The smallest absolute Gasteiger partial charge is 0.413 e. The molecule has 16 nitrogen and oxygen atoms in total. The number of nitrogens with zero attached hydrogens (tertiary/aromatic N) is 4. The maximum Gasteiger partial charge on any atom is 0.413 e. The molecule has 3 atom stereocenters. The van der Waals surface area contributed by atoms with E-state index >= 15 is 0 Å². The summed E-state index contributed by atoms with van der Waals surface area (Å²) in [5.74, 6) is -1.08. The maximum absolute atomic E-state index is 12.9. The lowest BCUT2D eigenvalue weighted by Gasteiger charge is -2.19. The van der Waals surface area contributed by atoms with Crippen molar-refractivity contribution in [2.45, 2.75) is 64.4 Å². The molecule has 2 N–H and O–H groups in total. The average molecular weight is 669 g/mol. The summed E-state index contributed by atoms with van der Waals surface area (Å²) in [4.78, 5) is 74.1. The zero-order chi connectivity index (χ0) is 33.9. The third kappa shape index (κ3) is 7.58. The zero-order valence-corrected chi connectivity index (χ0v) is 26.8. The van der Waals surface area contributed by atoms with Crippen LogP contribution in [0.4, 0.5) is 10.6 Å². The van der Waals surface area contributed by atoms with E-state index in [2.05, 4.69) is 25.0 Å². The van der Waals surface area contributed by atoms with Gasteiger partial charge in [0, 0.05) is 24.0 Å². The van der Waals surface area contributed by atoms with Crippen LogP contribution in [0.25, 0.3) is 22.3 Å². The van der Waals surface area contributed by atoms with Gasteiger partial charge in [0.05, 0.1) is 31.7 Å². The Bertz CT molecular complexity index is 1930. The molecule has 2 aromatic heterocycles. The van der Waals surface area contributed by atoms with Crippen LogP contribution in [-0.2, 0) is 29.7 Å². The third-order valence-corrected chi connectivity index (χ3v) is 7.82. The van der Waals surface area contributed by atoms with Gasteiger partial charge in [0.15, 0.2) is 28.5 Å². The standard InChI is InChI=1S/C30H32N6O10S/c1-30(2,3)46-29(41)34-27-23-28(32-14-31-27)36(15-33-23)21-12-9-16(45-21)13-44-47(42)35-20(38)11-10-19(37)17-7-5-6-8-18(17)22-24(39)25(40)26(22)43-4/h5-8,14-16,21H,9-13H2,1-4H3,(H,35,38)(H,31,32,34,41). The monoisotopic (exact) mass is 668 g/mol. The number of rotatable bonds is 12. The van der Waals surface area contributed by atoms with Crippen LogP contribution in [-0.4, -0.2) is 66.9 Å². The van der Waals surface area contributed by atoms with Crippen molar-refractivity contribution in [1.29, 1.82) is 0 Å². The average Bonchev–Trinajstić information content (AvgIpc) is 3.68. The van der Waals surface area contributed by atoms with Gasteiger partial charge < -0.3 is 14.2 Å². The van der Waals surface area contributed by atoms with E-state index in [0.29, 0.717) is 24.0 Å². The van der Waals surface area contributed by atoms with Crippen molar-refractivity contribution < 1.29 is 37.0 Å². The molecule has 17 heteroatoms. The molecule has 1 fully saturated rings. The van der Waals surface area contributed by atoms with Crippen molar-refractivity contribution >= 4 is 46.0 Å². The molecule has 5 rings (SSSR count). The van der Waals surface area contributed by atoms with E-state index < -0.39 is 57.8 Å². The third-order valence-electron chi connectivity index (χ3n) is 7.08. The van der Waals surface area contributed by atoms with Crippen molar-refractivity contribution in [3.05, 3.63) is 62.9 Å². The summed E-state index contributed by atoms with van der Waals surface area (Å²) in [6.07, 6.45) is 1.75. The highest BCUT2D eigenvalue weighted by atomic mass is 32.2. The van der Waals surface area contributed by atoms with Crippen molar-refractivity contribution in [2.24, 2.45) is 0 Å². The molecule has 2 aromatic carbocycles. The second kappa shape index (κ2) is 13.9. The number of carbonyl (C=O) groups is 3. The quantitative estimate of drug-likeness (QED) is 0.165. The number of fused-ring (bicyclic) bond motifs is 1. The molecule has 1 saturated heterocycles. The molecule has 0 saturated carbocycles. The number of ether oxygens (including phenoxy) is 3. The normalized spacial score (nSPS) is 17.0. The second-order valence-electron chi connectivity index (χ2n) is 11.5. The van der Waals surface area contributed by atoms with E-state index in [1.165, 1.54) is 31.9 Å². The van der Waals surface area contributed by atoms with Gasteiger partial charge in [0.25, 0.3) is 16.7 Å². The predicted molar refractivity (Wildman–Crippen MR) is 167 cm³/mol. The number of ketones is 1. The van der Waals surface area contributed by atoms with Gasteiger partial charge in [-0.15, -0.1) is 0 Å². The SMILES string of the molecule is COc1c(-c2ccccc2C(=O)CCC(=O)NS(=O)OCC2CCC(n3cnc4c(NC(=O)OC(C)(C)C)ncnc43)O2)c(=O)c1=O. The van der Waals surface area contributed by atoms with E-state index in [-0.39, 0.29) is 47.7 Å². The van der Waals surface area contributed by atoms with Gasteiger partial charge in [-0.3, -0.25) is 38.0 Å².